The van der Waals surface area contributed by atoms with Crippen molar-refractivity contribution in [3.63, 3.8) is 0 Å². The zero-order valence-electron chi connectivity index (χ0n) is 12.6. The SMILES string of the molecule is c1cc2c(c(NC3CCC34CCCCC4)c1)CCCC2. The summed E-state index contributed by atoms with van der Waals surface area (Å²) in [4.78, 5) is 0. The van der Waals surface area contributed by atoms with Crippen molar-refractivity contribution in [3.8, 4) is 0 Å². The minimum Gasteiger partial charge on any atom is -0.382 e. The molecule has 0 heterocycles. The molecule has 0 amide bonds. The van der Waals surface area contributed by atoms with Crippen LogP contribution >= 0.6 is 0 Å². The first-order valence-electron chi connectivity index (χ1n) is 8.75. The number of fused-ring (bicyclic) bond motifs is 1. The molecule has 1 aromatic rings. The van der Waals surface area contributed by atoms with E-state index in [0.717, 1.165) is 6.04 Å². The molecule has 108 valence electrons. The summed E-state index contributed by atoms with van der Waals surface area (Å²) >= 11 is 0. The first kappa shape index (κ1) is 12.7. The first-order valence-corrected chi connectivity index (χ1v) is 8.75. The number of hydrogen-bond acceptors (Lipinski definition) is 1. The summed E-state index contributed by atoms with van der Waals surface area (Å²) in [5.74, 6) is 0. The maximum atomic E-state index is 3.97. The molecule has 1 heteroatoms. The average Bonchev–Trinajstić information content (AvgIpc) is 2.52. The molecule has 0 aromatic heterocycles. The molecule has 1 N–H and O–H groups in total. The molecule has 3 aliphatic carbocycles. The zero-order chi connectivity index (χ0) is 13.4. The van der Waals surface area contributed by atoms with Crippen LogP contribution in [0.2, 0.25) is 0 Å². The Labute approximate surface area is 123 Å². The minimum absolute atomic E-state index is 0.662. The maximum Gasteiger partial charge on any atom is 0.0377 e. The number of aryl methyl sites for hydroxylation is 1. The normalized spacial score (nSPS) is 27.7. The Morgan fingerprint density at radius 1 is 0.900 bits per heavy atom. The van der Waals surface area contributed by atoms with Gasteiger partial charge in [0.05, 0.1) is 0 Å². The zero-order valence-corrected chi connectivity index (χ0v) is 12.6. The molecule has 20 heavy (non-hydrogen) atoms. The van der Waals surface area contributed by atoms with Gasteiger partial charge in [-0.1, -0.05) is 31.4 Å². The fourth-order valence-corrected chi connectivity index (χ4v) is 4.88. The summed E-state index contributed by atoms with van der Waals surface area (Å²) in [7, 11) is 0. The maximum absolute atomic E-state index is 3.97. The molecule has 2 fully saturated rings. The van der Waals surface area contributed by atoms with Gasteiger partial charge in [-0.2, -0.15) is 0 Å². The molecule has 3 aliphatic rings. The van der Waals surface area contributed by atoms with Gasteiger partial charge in [0, 0.05) is 11.7 Å². The lowest BCUT2D eigenvalue weighted by Crippen LogP contribution is -2.50. The van der Waals surface area contributed by atoms with Crippen LogP contribution in [0.5, 0.6) is 0 Å². The Bertz CT molecular complexity index is 485. The van der Waals surface area contributed by atoms with Gasteiger partial charge in [0.1, 0.15) is 0 Å². The van der Waals surface area contributed by atoms with Crippen molar-refractivity contribution in [1.29, 1.82) is 0 Å². The Hall–Kier alpha value is -0.980. The lowest BCUT2D eigenvalue weighted by Gasteiger charge is -2.53. The minimum atomic E-state index is 0.662. The first-order chi connectivity index (χ1) is 9.87. The van der Waals surface area contributed by atoms with E-state index in [1.807, 2.05) is 0 Å². The third kappa shape index (κ3) is 2.06. The van der Waals surface area contributed by atoms with E-state index < -0.39 is 0 Å². The highest BCUT2D eigenvalue weighted by Crippen LogP contribution is 2.53. The molecular formula is C19H27N. The van der Waals surface area contributed by atoms with Gasteiger partial charge in [0.2, 0.25) is 0 Å². The number of hydrogen-bond donors (Lipinski definition) is 1. The van der Waals surface area contributed by atoms with Crippen molar-refractivity contribution in [2.75, 3.05) is 5.32 Å². The second-order valence-corrected chi connectivity index (χ2v) is 7.31. The second kappa shape index (κ2) is 5.09. The van der Waals surface area contributed by atoms with Gasteiger partial charge in [0.25, 0.3) is 0 Å². The molecule has 1 nitrogen and oxygen atoms in total. The molecule has 1 unspecified atom stereocenters. The van der Waals surface area contributed by atoms with E-state index in [1.54, 1.807) is 11.1 Å². The van der Waals surface area contributed by atoms with Crippen LogP contribution in [0.1, 0.15) is 68.9 Å². The van der Waals surface area contributed by atoms with Crippen LogP contribution in [0.25, 0.3) is 0 Å². The van der Waals surface area contributed by atoms with Crippen LogP contribution in [-0.4, -0.2) is 6.04 Å². The highest BCUT2D eigenvalue weighted by Gasteiger charge is 2.46. The predicted molar refractivity (Wildman–Crippen MR) is 85.2 cm³/mol. The van der Waals surface area contributed by atoms with Crippen molar-refractivity contribution >= 4 is 5.69 Å². The summed E-state index contributed by atoms with van der Waals surface area (Å²) in [6.07, 6.45) is 15.5. The van der Waals surface area contributed by atoms with E-state index >= 15 is 0 Å². The Kier molecular flexibility index (Phi) is 3.24. The summed E-state index contributed by atoms with van der Waals surface area (Å²) < 4.78 is 0. The van der Waals surface area contributed by atoms with Gasteiger partial charge in [0.15, 0.2) is 0 Å². The third-order valence-corrected chi connectivity index (χ3v) is 6.25. The van der Waals surface area contributed by atoms with Crippen LogP contribution in [0.4, 0.5) is 5.69 Å². The van der Waals surface area contributed by atoms with Crippen LogP contribution in [0.15, 0.2) is 18.2 Å². The van der Waals surface area contributed by atoms with Crippen molar-refractivity contribution in [2.24, 2.45) is 5.41 Å². The third-order valence-electron chi connectivity index (χ3n) is 6.25. The molecule has 4 rings (SSSR count). The van der Waals surface area contributed by atoms with E-state index in [9.17, 15) is 0 Å². The number of anilines is 1. The van der Waals surface area contributed by atoms with Crippen molar-refractivity contribution < 1.29 is 0 Å². The van der Waals surface area contributed by atoms with Crippen LogP contribution < -0.4 is 5.32 Å². The molecule has 0 saturated heterocycles. The van der Waals surface area contributed by atoms with Gasteiger partial charge < -0.3 is 5.32 Å². The van der Waals surface area contributed by atoms with Crippen molar-refractivity contribution in [3.05, 3.63) is 29.3 Å². The standard InChI is InChI=1S/C19H27N/c1-4-12-19(13-5-1)14-11-18(19)20-17-10-6-8-15-7-2-3-9-16(15)17/h6,8,10,18,20H,1-5,7,9,11-14H2. The Balaban J connectivity index is 1.54. The molecule has 2 saturated carbocycles. The van der Waals surface area contributed by atoms with E-state index in [-0.39, 0.29) is 0 Å². The van der Waals surface area contributed by atoms with Gasteiger partial charge in [-0.25, -0.2) is 0 Å². The number of benzene rings is 1. The molecular weight excluding hydrogens is 242 g/mol. The molecule has 0 aliphatic heterocycles. The topological polar surface area (TPSA) is 12.0 Å². The monoisotopic (exact) mass is 269 g/mol. The Morgan fingerprint density at radius 3 is 2.55 bits per heavy atom. The number of nitrogens with one attached hydrogen (secondary N) is 1. The molecule has 0 bridgehead atoms. The highest BCUT2D eigenvalue weighted by atomic mass is 15.0. The van der Waals surface area contributed by atoms with Crippen LogP contribution in [-0.2, 0) is 12.8 Å². The van der Waals surface area contributed by atoms with Gasteiger partial charge in [-0.15, -0.1) is 0 Å². The van der Waals surface area contributed by atoms with E-state index in [4.69, 9.17) is 0 Å². The van der Waals surface area contributed by atoms with Crippen molar-refractivity contribution in [1.82, 2.24) is 0 Å². The van der Waals surface area contributed by atoms with E-state index in [0.29, 0.717) is 5.41 Å². The lowest BCUT2D eigenvalue weighted by atomic mass is 9.57. The van der Waals surface area contributed by atoms with Crippen molar-refractivity contribution in [2.45, 2.75) is 76.7 Å². The smallest absolute Gasteiger partial charge is 0.0377 e. The van der Waals surface area contributed by atoms with Crippen LogP contribution in [0, 0.1) is 5.41 Å². The number of rotatable bonds is 2. The van der Waals surface area contributed by atoms with Crippen LogP contribution in [0.3, 0.4) is 0 Å². The highest BCUT2D eigenvalue weighted by molar-refractivity contribution is 5.56. The summed E-state index contributed by atoms with van der Waals surface area (Å²) in [6, 6.07) is 7.70. The molecule has 0 radical (unpaired) electrons. The molecule has 1 aromatic carbocycles. The van der Waals surface area contributed by atoms with E-state index in [2.05, 4.69) is 23.5 Å². The summed E-state index contributed by atoms with van der Waals surface area (Å²) in [5, 5.41) is 3.97. The van der Waals surface area contributed by atoms with Gasteiger partial charge in [-0.05, 0) is 74.0 Å². The molecule has 1 atom stereocenters. The quantitative estimate of drug-likeness (QED) is 0.788. The van der Waals surface area contributed by atoms with E-state index in [1.165, 1.54) is 76.3 Å². The largest absolute Gasteiger partial charge is 0.382 e. The van der Waals surface area contributed by atoms with Gasteiger partial charge >= 0.3 is 0 Å². The second-order valence-electron chi connectivity index (χ2n) is 7.31. The summed E-state index contributed by atoms with van der Waals surface area (Å²) in [5.41, 5.74) is 5.38. The average molecular weight is 269 g/mol. The summed E-state index contributed by atoms with van der Waals surface area (Å²) in [6.45, 7) is 0. The Morgan fingerprint density at radius 2 is 1.75 bits per heavy atom. The van der Waals surface area contributed by atoms with Gasteiger partial charge in [-0.3, -0.25) is 0 Å². The fraction of sp³-hybridized carbons (Fsp3) is 0.684. The fourth-order valence-electron chi connectivity index (χ4n) is 4.88. The predicted octanol–water partition coefficient (Wildman–Crippen LogP) is 5.09. The lowest BCUT2D eigenvalue weighted by molar-refractivity contribution is 0.0571. The molecule has 1 spiro atoms.